The van der Waals surface area contributed by atoms with Gasteiger partial charge in [-0.05, 0) is 43.2 Å². The summed E-state index contributed by atoms with van der Waals surface area (Å²) in [6.45, 7) is 7.07. The van der Waals surface area contributed by atoms with Crippen LogP contribution in [0.2, 0.25) is 0 Å². The highest BCUT2D eigenvalue weighted by Crippen LogP contribution is 2.23. The summed E-state index contributed by atoms with van der Waals surface area (Å²) >= 11 is 1.84. The third kappa shape index (κ3) is 4.73. The van der Waals surface area contributed by atoms with Crippen LogP contribution >= 0.6 is 11.3 Å². The van der Waals surface area contributed by atoms with Crippen LogP contribution in [0.4, 0.5) is 4.79 Å². The number of ether oxygens (including phenoxy) is 1. The van der Waals surface area contributed by atoms with Crippen molar-refractivity contribution < 1.29 is 14.3 Å². The van der Waals surface area contributed by atoms with Crippen molar-refractivity contribution in [3.8, 4) is 0 Å². The molecule has 1 saturated heterocycles. The highest BCUT2D eigenvalue weighted by atomic mass is 32.1. The summed E-state index contributed by atoms with van der Waals surface area (Å²) in [5.74, 6) is -0.183. The number of amides is 2. The number of fused-ring (bicyclic) bond motifs is 1. The zero-order valence-electron chi connectivity index (χ0n) is 14.8. The molecule has 2 aliphatic rings. The van der Waals surface area contributed by atoms with E-state index in [1.54, 1.807) is 0 Å². The first-order valence-corrected chi connectivity index (χ1v) is 10.0. The van der Waals surface area contributed by atoms with E-state index >= 15 is 0 Å². The number of urea groups is 1. The monoisotopic (exact) mass is 365 g/mol. The SMILES string of the molecule is CCOC(=O)C1CCN(C(=O)NCCN2CCc3sccc3C2)CC1. The van der Waals surface area contributed by atoms with Crippen molar-refractivity contribution >= 4 is 23.3 Å². The van der Waals surface area contributed by atoms with E-state index in [2.05, 4.69) is 21.7 Å². The topological polar surface area (TPSA) is 61.9 Å². The summed E-state index contributed by atoms with van der Waals surface area (Å²) in [5, 5.41) is 5.18. The number of hydrogen-bond donors (Lipinski definition) is 1. The molecule has 0 atom stereocenters. The van der Waals surface area contributed by atoms with Crippen LogP contribution in [-0.2, 0) is 22.5 Å². The summed E-state index contributed by atoms with van der Waals surface area (Å²) < 4.78 is 5.07. The molecule has 1 fully saturated rings. The van der Waals surface area contributed by atoms with Crippen LogP contribution in [0.1, 0.15) is 30.2 Å². The van der Waals surface area contributed by atoms with Crippen LogP contribution in [0, 0.1) is 5.92 Å². The third-order valence-electron chi connectivity index (χ3n) is 4.99. The molecule has 138 valence electrons. The predicted octanol–water partition coefficient (Wildman–Crippen LogP) is 2.09. The summed E-state index contributed by atoms with van der Waals surface area (Å²) in [4.78, 5) is 29.7. The van der Waals surface area contributed by atoms with Crippen molar-refractivity contribution in [2.75, 3.05) is 39.3 Å². The Morgan fingerprint density at radius 2 is 2.12 bits per heavy atom. The number of carbonyl (C=O) groups excluding carboxylic acids is 2. The number of likely N-dealkylation sites (tertiary alicyclic amines) is 1. The molecule has 25 heavy (non-hydrogen) atoms. The first-order chi connectivity index (χ1) is 12.2. The van der Waals surface area contributed by atoms with E-state index in [4.69, 9.17) is 4.74 Å². The van der Waals surface area contributed by atoms with Gasteiger partial charge in [0.25, 0.3) is 0 Å². The summed E-state index contributed by atoms with van der Waals surface area (Å²) in [6, 6.07) is 2.19. The maximum Gasteiger partial charge on any atom is 0.317 e. The number of rotatable bonds is 5. The molecule has 7 heteroatoms. The van der Waals surface area contributed by atoms with E-state index in [1.807, 2.05) is 23.2 Å². The zero-order chi connectivity index (χ0) is 17.6. The molecule has 0 bridgehead atoms. The summed E-state index contributed by atoms with van der Waals surface area (Å²) in [7, 11) is 0. The molecule has 0 unspecified atom stereocenters. The Morgan fingerprint density at radius 1 is 1.32 bits per heavy atom. The Kier molecular flexibility index (Phi) is 6.31. The number of nitrogens with one attached hydrogen (secondary N) is 1. The molecule has 1 aromatic rings. The predicted molar refractivity (Wildman–Crippen MR) is 97.6 cm³/mol. The minimum absolute atomic E-state index is 0.0180. The molecule has 0 radical (unpaired) electrons. The maximum atomic E-state index is 12.3. The fourth-order valence-electron chi connectivity index (χ4n) is 3.51. The molecule has 0 aliphatic carbocycles. The van der Waals surface area contributed by atoms with Crippen molar-refractivity contribution in [2.45, 2.75) is 32.7 Å². The summed E-state index contributed by atoms with van der Waals surface area (Å²) in [6.07, 6.45) is 2.50. The number of hydrogen-bond acceptors (Lipinski definition) is 5. The van der Waals surface area contributed by atoms with Crippen LogP contribution in [0.15, 0.2) is 11.4 Å². The largest absolute Gasteiger partial charge is 0.466 e. The molecule has 2 amide bonds. The highest BCUT2D eigenvalue weighted by molar-refractivity contribution is 7.10. The molecule has 3 rings (SSSR count). The minimum Gasteiger partial charge on any atom is -0.466 e. The second-order valence-electron chi connectivity index (χ2n) is 6.64. The maximum absolute atomic E-state index is 12.3. The Morgan fingerprint density at radius 3 is 2.88 bits per heavy atom. The number of nitrogens with zero attached hydrogens (tertiary/aromatic N) is 2. The van der Waals surface area contributed by atoms with Gasteiger partial charge in [-0.2, -0.15) is 0 Å². The molecule has 0 aromatic carbocycles. The van der Waals surface area contributed by atoms with Gasteiger partial charge in [0.2, 0.25) is 0 Å². The number of carbonyl (C=O) groups is 2. The van der Waals surface area contributed by atoms with Crippen LogP contribution in [0.25, 0.3) is 0 Å². The normalized spacial score (nSPS) is 18.7. The van der Waals surface area contributed by atoms with E-state index in [9.17, 15) is 9.59 Å². The Labute approximate surface area is 153 Å². The van der Waals surface area contributed by atoms with Crippen molar-refractivity contribution in [1.82, 2.24) is 15.1 Å². The average molecular weight is 365 g/mol. The third-order valence-corrected chi connectivity index (χ3v) is 6.02. The first kappa shape index (κ1) is 18.2. The van der Waals surface area contributed by atoms with Crippen LogP contribution in [0.5, 0.6) is 0 Å². The van der Waals surface area contributed by atoms with Crippen LogP contribution in [-0.4, -0.2) is 61.1 Å². The molecule has 2 aliphatic heterocycles. The molecule has 3 heterocycles. The lowest BCUT2D eigenvalue weighted by molar-refractivity contribution is -0.149. The first-order valence-electron chi connectivity index (χ1n) is 9.14. The Bertz CT molecular complexity index is 596. The second-order valence-corrected chi connectivity index (χ2v) is 7.64. The zero-order valence-corrected chi connectivity index (χ0v) is 15.6. The Balaban J connectivity index is 1.34. The highest BCUT2D eigenvalue weighted by Gasteiger charge is 2.28. The van der Waals surface area contributed by atoms with E-state index < -0.39 is 0 Å². The van der Waals surface area contributed by atoms with Crippen LogP contribution < -0.4 is 5.32 Å². The van der Waals surface area contributed by atoms with Crippen molar-refractivity contribution in [2.24, 2.45) is 5.92 Å². The molecule has 1 aromatic heterocycles. The quantitative estimate of drug-likeness (QED) is 0.812. The van der Waals surface area contributed by atoms with E-state index in [-0.39, 0.29) is 17.9 Å². The lowest BCUT2D eigenvalue weighted by atomic mass is 9.97. The number of esters is 1. The van der Waals surface area contributed by atoms with Crippen molar-refractivity contribution in [3.63, 3.8) is 0 Å². The van der Waals surface area contributed by atoms with E-state index in [0.29, 0.717) is 39.1 Å². The lowest BCUT2D eigenvalue weighted by Crippen LogP contribution is -2.47. The summed E-state index contributed by atoms with van der Waals surface area (Å²) in [5.41, 5.74) is 1.43. The Hall–Kier alpha value is -1.60. The van der Waals surface area contributed by atoms with Gasteiger partial charge in [-0.3, -0.25) is 9.69 Å². The molecule has 6 nitrogen and oxygen atoms in total. The average Bonchev–Trinajstić information content (AvgIpc) is 3.10. The van der Waals surface area contributed by atoms with Gasteiger partial charge in [-0.15, -0.1) is 11.3 Å². The fourth-order valence-corrected chi connectivity index (χ4v) is 4.40. The number of piperidine rings is 1. The second kappa shape index (κ2) is 8.67. The molecular formula is C18H27N3O3S. The van der Waals surface area contributed by atoms with Gasteiger partial charge in [0.1, 0.15) is 0 Å². The van der Waals surface area contributed by atoms with E-state index in [1.165, 1.54) is 10.4 Å². The smallest absolute Gasteiger partial charge is 0.317 e. The molecular weight excluding hydrogens is 338 g/mol. The van der Waals surface area contributed by atoms with Gasteiger partial charge < -0.3 is 15.0 Å². The van der Waals surface area contributed by atoms with Gasteiger partial charge >= 0.3 is 12.0 Å². The van der Waals surface area contributed by atoms with Gasteiger partial charge in [0.15, 0.2) is 0 Å². The van der Waals surface area contributed by atoms with Crippen molar-refractivity contribution in [3.05, 3.63) is 21.9 Å². The minimum atomic E-state index is -0.125. The van der Waals surface area contributed by atoms with Gasteiger partial charge in [-0.1, -0.05) is 0 Å². The fraction of sp³-hybridized carbons (Fsp3) is 0.667. The van der Waals surface area contributed by atoms with Gasteiger partial charge in [-0.25, -0.2) is 4.79 Å². The van der Waals surface area contributed by atoms with Gasteiger partial charge in [0.05, 0.1) is 12.5 Å². The molecule has 0 spiro atoms. The van der Waals surface area contributed by atoms with Gasteiger partial charge in [0, 0.05) is 44.1 Å². The van der Waals surface area contributed by atoms with Crippen molar-refractivity contribution in [1.29, 1.82) is 0 Å². The van der Waals surface area contributed by atoms with Crippen LogP contribution in [0.3, 0.4) is 0 Å². The number of thiophene rings is 1. The van der Waals surface area contributed by atoms with E-state index in [0.717, 1.165) is 26.1 Å². The standard InChI is InChI=1S/C18H27N3O3S/c1-2-24-17(22)14-3-9-21(10-4-14)18(23)19-7-11-20-8-5-16-15(13-20)6-12-25-16/h6,12,14H,2-5,7-11,13H2,1H3,(H,19,23). The molecule has 1 N–H and O–H groups in total. The molecule has 0 saturated carbocycles. The lowest BCUT2D eigenvalue weighted by Gasteiger charge is -2.31.